The van der Waals surface area contributed by atoms with Crippen LogP contribution in [0, 0.1) is 11.8 Å². The maximum Gasteiger partial charge on any atom is 0.303 e. The van der Waals surface area contributed by atoms with E-state index in [1.165, 1.54) is 0 Å². The number of carboxylic acid groups (broad SMARTS) is 1. The lowest BCUT2D eigenvalue weighted by molar-refractivity contribution is -0.137. The Morgan fingerprint density at radius 1 is 1.21 bits per heavy atom. The molecule has 1 aliphatic rings. The van der Waals surface area contributed by atoms with Crippen molar-refractivity contribution in [2.75, 3.05) is 0 Å². The number of aliphatic hydroxyl groups is 2. The smallest absolute Gasteiger partial charge is 0.303 e. The van der Waals surface area contributed by atoms with Crippen LogP contribution in [0.2, 0.25) is 0 Å². The second-order valence-electron chi connectivity index (χ2n) is 7.39. The first-order chi connectivity index (χ1) is 13.5. The maximum absolute atomic E-state index is 12.2. The van der Waals surface area contributed by atoms with Crippen molar-refractivity contribution in [2.45, 2.75) is 57.2 Å². The fourth-order valence-corrected chi connectivity index (χ4v) is 3.57. The number of Topliss-reactive ketones (excluding diaryl/α,β-unsaturated/α-hetero) is 1. The molecule has 3 N–H and O–H groups in total. The van der Waals surface area contributed by atoms with Gasteiger partial charge < -0.3 is 15.3 Å². The molecule has 1 aromatic carbocycles. The summed E-state index contributed by atoms with van der Waals surface area (Å²) < 4.78 is 0. The summed E-state index contributed by atoms with van der Waals surface area (Å²) >= 11 is 0. The second-order valence-corrected chi connectivity index (χ2v) is 7.39. The Bertz CT molecular complexity index is 679. The van der Waals surface area contributed by atoms with Gasteiger partial charge in [0.05, 0.1) is 12.2 Å². The van der Waals surface area contributed by atoms with Crippen molar-refractivity contribution in [3.05, 3.63) is 60.2 Å². The standard InChI is InChI=1S/C23H30O5/c24-18(13-12-17-8-4-3-5-9-17)14-15-20-19(21(25)16-22(20)26)10-6-1-2-7-11-23(27)28/h1,3-6,8-9,14-15,18-20,22,24,26H,2,7,10-13,16H2,(H,27,28)/b6-1+,15-14+/t18-,19+,20+,22+/m0/s1. The molecular formula is C23H30O5. The van der Waals surface area contributed by atoms with Gasteiger partial charge in [0, 0.05) is 24.7 Å². The third kappa shape index (κ3) is 7.41. The normalized spacial score (nSPS) is 23.6. The Hall–Kier alpha value is -2.24. The highest BCUT2D eigenvalue weighted by molar-refractivity contribution is 5.84. The van der Waals surface area contributed by atoms with Crippen molar-refractivity contribution >= 4 is 11.8 Å². The molecule has 28 heavy (non-hydrogen) atoms. The van der Waals surface area contributed by atoms with Crippen molar-refractivity contribution in [2.24, 2.45) is 11.8 Å². The number of carbonyl (C=O) groups excluding carboxylic acids is 1. The van der Waals surface area contributed by atoms with Crippen LogP contribution in [-0.2, 0) is 16.0 Å². The van der Waals surface area contributed by atoms with E-state index in [2.05, 4.69) is 0 Å². The van der Waals surface area contributed by atoms with Gasteiger partial charge in [0.2, 0.25) is 0 Å². The van der Waals surface area contributed by atoms with Crippen LogP contribution in [0.25, 0.3) is 0 Å². The molecule has 4 atom stereocenters. The highest BCUT2D eigenvalue weighted by Gasteiger charge is 2.39. The van der Waals surface area contributed by atoms with Crippen molar-refractivity contribution < 1.29 is 24.9 Å². The van der Waals surface area contributed by atoms with Gasteiger partial charge in [0.15, 0.2) is 0 Å². The minimum Gasteiger partial charge on any atom is -0.481 e. The summed E-state index contributed by atoms with van der Waals surface area (Å²) in [5.74, 6) is -1.35. The minimum absolute atomic E-state index is 0.0381. The second kappa shape index (κ2) is 11.6. The molecule has 1 saturated carbocycles. The molecule has 0 unspecified atom stereocenters. The number of hydrogen-bond donors (Lipinski definition) is 3. The summed E-state index contributed by atoms with van der Waals surface area (Å²) in [4.78, 5) is 22.7. The largest absolute Gasteiger partial charge is 0.481 e. The van der Waals surface area contributed by atoms with E-state index in [1.807, 2.05) is 42.5 Å². The van der Waals surface area contributed by atoms with Crippen LogP contribution >= 0.6 is 0 Å². The Balaban J connectivity index is 1.82. The predicted octanol–water partition coefficient (Wildman–Crippen LogP) is 3.30. The van der Waals surface area contributed by atoms with Crippen LogP contribution in [-0.4, -0.2) is 39.3 Å². The lowest BCUT2D eigenvalue weighted by Crippen LogP contribution is -2.19. The molecule has 0 aromatic heterocycles. The fraction of sp³-hybridized carbons (Fsp3) is 0.478. The molecule has 1 aromatic rings. The molecule has 1 fully saturated rings. The number of unbranched alkanes of at least 4 members (excludes halogenated alkanes) is 1. The van der Waals surface area contributed by atoms with Crippen LogP contribution < -0.4 is 0 Å². The van der Waals surface area contributed by atoms with Crippen molar-refractivity contribution in [3.8, 4) is 0 Å². The van der Waals surface area contributed by atoms with Crippen molar-refractivity contribution in [1.82, 2.24) is 0 Å². The number of benzene rings is 1. The van der Waals surface area contributed by atoms with E-state index < -0.39 is 18.2 Å². The van der Waals surface area contributed by atoms with E-state index in [0.717, 1.165) is 12.0 Å². The van der Waals surface area contributed by atoms with Gasteiger partial charge in [-0.3, -0.25) is 9.59 Å². The van der Waals surface area contributed by atoms with Gasteiger partial charge in [-0.1, -0.05) is 54.6 Å². The van der Waals surface area contributed by atoms with E-state index in [-0.39, 0.29) is 30.5 Å². The molecule has 5 nitrogen and oxygen atoms in total. The van der Waals surface area contributed by atoms with Crippen molar-refractivity contribution in [1.29, 1.82) is 0 Å². The number of aliphatic hydroxyl groups excluding tert-OH is 2. The van der Waals surface area contributed by atoms with Gasteiger partial charge in [0.25, 0.3) is 0 Å². The Kier molecular flexibility index (Phi) is 9.11. The van der Waals surface area contributed by atoms with Crippen LogP contribution in [0.15, 0.2) is 54.6 Å². The summed E-state index contributed by atoms with van der Waals surface area (Å²) in [7, 11) is 0. The van der Waals surface area contributed by atoms with Crippen LogP contribution in [0.3, 0.4) is 0 Å². The number of aliphatic carboxylic acids is 1. The molecule has 1 aliphatic carbocycles. The SMILES string of the molecule is O=C(O)CCC/C=C/C[C@H]1C(=O)C[C@@H](O)[C@@H]1/C=C/[C@@H](O)CCc1ccccc1. The zero-order chi connectivity index (χ0) is 20.4. The first-order valence-corrected chi connectivity index (χ1v) is 9.95. The molecule has 0 spiro atoms. The number of allylic oxidation sites excluding steroid dienone is 2. The third-order valence-electron chi connectivity index (χ3n) is 5.18. The van der Waals surface area contributed by atoms with E-state index >= 15 is 0 Å². The highest BCUT2D eigenvalue weighted by Crippen LogP contribution is 2.33. The highest BCUT2D eigenvalue weighted by atomic mass is 16.4. The summed E-state index contributed by atoms with van der Waals surface area (Å²) in [6.07, 6.45) is 9.34. The molecule has 0 amide bonds. The molecular weight excluding hydrogens is 356 g/mol. The summed E-state index contributed by atoms with van der Waals surface area (Å²) in [6, 6.07) is 9.94. The van der Waals surface area contributed by atoms with Crippen molar-refractivity contribution in [3.63, 3.8) is 0 Å². The minimum atomic E-state index is -0.807. The van der Waals surface area contributed by atoms with Gasteiger partial charge in [-0.25, -0.2) is 0 Å². The quantitative estimate of drug-likeness (QED) is 0.401. The third-order valence-corrected chi connectivity index (χ3v) is 5.18. The Morgan fingerprint density at radius 3 is 2.68 bits per heavy atom. The number of ketones is 1. The average Bonchev–Trinajstić information content (AvgIpc) is 2.94. The fourth-order valence-electron chi connectivity index (χ4n) is 3.57. The molecule has 152 valence electrons. The first kappa shape index (κ1) is 22.1. The summed E-state index contributed by atoms with van der Waals surface area (Å²) in [5.41, 5.74) is 1.16. The van der Waals surface area contributed by atoms with Gasteiger partial charge in [-0.15, -0.1) is 0 Å². The van der Waals surface area contributed by atoms with E-state index in [9.17, 15) is 19.8 Å². The van der Waals surface area contributed by atoms with Crippen LogP contribution in [0.4, 0.5) is 0 Å². The van der Waals surface area contributed by atoms with Gasteiger partial charge in [0.1, 0.15) is 5.78 Å². The summed E-state index contributed by atoms with van der Waals surface area (Å²) in [5, 5.41) is 29.0. The lowest BCUT2D eigenvalue weighted by Gasteiger charge is -2.16. The number of carboxylic acids is 1. The van der Waals surface area contributed by atoms with E-state index in [4.69, 9.17) is 5.11 Å². The first-order valence-electron chi connectivity index (χ1n) is 9.95. The molecule has 0 radical (unpaired) electrons. The Labute approximate surface area is 166 Å². The van der Waals surface area contributed by atoms with E-state index in [0.29, 0.717) is 25.7 Å². The zero-order valence-corrected chi connectivity index (χ0v) is 16.1. The summed E-state index contributed by atoms with van der Waals surface area (Å²) in [6.45, 7) is 0. The van der Waals surface area contributed by atoms with Gasteiger partial charge in [-0.05, 0) is 37.7 Å². The number of carbonyl (C=O) groups is 2. The molecule has 0 heterocycles. The number of hydrogen-bond acceptors (Lipinski definition) is 4. The lowest BCUT2D eigenvalue weighted by atomic mass is 9.90. The van der Waals surface area contributed by atoms with Crippen LogP contribution in [0.5, 0.6) is 0 Å². The van der Waals surface area contributed by atoms with E-state index in [1.54, 1.807) is 12.2 Å². The zero-order valence-electron chi connectivity index (χ0n) is 16.1. The maximum atomic E-state index is 12.2. The molecule has 0 bridgehead atoms. The monoisotopic (exact) mass is 386 g/mol. The molecule has 0 aliphatic heterocycles. The predicted molar refractivity (Wildman–Crippen MR) is 108 cm³/mol. The average molecular weight is 386 g/mol. The molecule has 5 heteroatoms. The molecule has 2 rings (SSSR count). The molecule has 0 saturated heterocycles. The Morgan fingerprint density at radius 2 is 1.96 bits per heavy atom. The topological polar surface area (TPSA) is 94.8 Å². The van der Waals surface area contributed by atoms with Gasteiger partial charge >= 0.3 is 5.97 Å². The number of rotatable bonds is 11. The van der Waals surface area contributed by atoms with Gasteiger partial charge in [-0.2, -0.15) is 0 Å². The van der Waals surface area contributed by atoms with Crippen LogP contribution in [0.1, 0.15) is 44.1 Å². The number of aryl methyl sites for hydroxylation is 1.